The van der Waals surface area contributed by atoms with E-state index in [1.54, 1.807) is 4.52 Å². The van der Waals surface area contributed by atoms with E-state index in [4.69, 9.17) is 0 Å². The molecule has 0 amide bonds. The number of para-hydroxylation sites is 1. The van der Waals surface area contributed by atoms with E-state index in [9.17, 15) is 0 Å². The molecule has 0 aliphatic heterocycles. The quantitative estimate of drug-likeness (QED) is 0.529. The number of rotatable bonds is 3. The second-order valence-corrected chi connectivity index (χ2v) is 6.47. The summed E-state index contributed by atoms with van der Waals surface area (Å²) in [5, 5.41) is 4.50. The highest BCUT2D eigenvalue weighted by Gasteiger charge is 2.08. The summed E-state index contributed by atoms with van der Waals surface area (Å²) in [7, 11) is 0. The number of hydrogen-bond donors (Lipinski definition) is 0. The minimum Gasteiger partial charge on any atom is -0.299 e. The molecule has 0 radical (unpaired) electrons. The third kappa shape index (κ3) is 2.98. The molecular weight excluding hydrogens is 380 g/mol. The van der Waals surface area contributed by atoms with Crippen molar-refractivity contribution in [2.75, 3.05) is 0 Å². The summed E-state index contributed by atoms with van der Waals surface area (Å²) in [4.78, 5) is 13.4. The van der Waals surface area contributed by atoms with E-state index < -0.39 is 0 Å². The number of aryl methyl sites for hydroxylation is 2. The lowest BCUT2D eigenvalue weighted by Crippen LogP contribution is -1.98. The Kier molecular flexibility index (Phi) is 3.93. The molecule has 0 fully saturated rings. The fourth-order valence-electron chi connectivity index (χ4n) is 2.61. The van der Waals surface area contributed by atoms with Gasteiger partial charge in [-0.1, -0.05) is 18.2 Å². The van der Waals surface area contributed by atoms with E-state index in [2.05, 4.69) is 36.0 Å². The summed E-state index contributed by atoms with van der Waals surface area (Å²) in [6.45, 7) is 3.89. The van der Waals surface area contributed by atoms with Gasteiger partial charge in [-0.25, -0.2) is 15.0 Å². The predicted molar refractivity (Wildman–Crippen MR) is 100 cm³/mol. The number of benzene rings is 1. The lowest BCUT2D eigenvalue weighted by molar-refractivity contribution is 0.854. The van der Waals surface area contributed by atoms with Crippen molar-refractivity contribution in [2.45, 2.75) is 13.8 Å². The Labute approximate surface area is 153 Å². The van der Waals surface area contributed by atoms with Crippen molar-refractivity contribution < 1.29 is 0 Å². The molecule has 0 saturated heterocycles. The number of aromatic nitrogens is 6. The summed E-state index contributed by atoms with van der Waals surface area (Å²) in [5.41, 5.74) is 2.85. The van der Waals surface area contributed by atoms with Crippen molar-refractivity contribution >= 4 is 33.7 Å². The van der Waals surface area contributed by atoms with Gasteiger partial charge in [0.15, 0.2) is 11.5 Å². The third-order valence-electron chi connectivity index (χ3n) is 3.85. The Bertz CT molecular complexity index is 1040. The third-order valence-corrected chi connectivity index (χ3v) is 4.23. The molecule has 7 heteroatoms. The number of imidazole rings is 1. The Morgan fingerprint density at radius 2 is 1.84 bits per heavy atom. The van der Waals surface area contributed by atoms with Crippen molar-refractivity contribution in [3.05, 3.63) is 70.4 Å². The Morgan fingerprint density at radius 3 is 2.60 bits per heavy atom. The van der Waals surface area contributed by atoms with Crippen LogP contribution in [0.2, 0.25) is 0 Å². The van der Waals surface area contributed by atoms with Crippen LogP contribution in [-0.4, -0.2) is 29.1 Å². The standard InChI is InChI=1S/C18H15BrN6/c1-12-10-20-13(2)25-18(12)22-16(23-25)8-9-17-21-15(19)11-24(17)14-6-4-3-5-7-14/h3-11H,1-2H3. The van der Waals surface area contributed by atoms with Gasteiger partial charge in [-0.3, -0.25) is 4.57 Å². The second kappa shape index (κ2) is 6.25. The van der Waals surface area contributed by atoms with Crippen molar-refractivity contribution in [1.82, 2.24) is 29.1 Å². The number of halogens is 1. The van der Waals surface area contributed by atoms with Gasteiger partial charge in [-0.15, -0.1) is 5.10 Å². The lowest BCUT2D eigenvalue weighted by Gasteiger charge is -2.03. The Hall–Kier alpha value is -2.80. The monoisotopic (exact) mass is 394 g/mol. The molecule has 124 valence electrons. The molecule has 0 aliphatic carbocycles. The molecular formula is C18H15BrN6. The normalized spacial score (nSPS) is 11.6. The van der Waals surface area contributed by atoms with Gasteiger partial charge in [0.1, 0.15) is 16.3 Å². The Balaban J connectivity index is 1.74. The fraction of sp³-hybridized carbons (Fsp3) is 0.111. The minimum absolute atomic E-state index is 0.623. The van der Waals surface area contributed by atoms with Gasteiger partial charge < -0.3 is 0 Å². The number of nitrogens with zero attached hydrogens (tertiary/aromatic N) is 6. The molecule has 4 rings (SSSR count). The smallest absolute Gasteiger partial charge is 0.175 e. The van der Waals surface area contributed by atoms with E-state index in [-0.39, 0.29) is 0 Å². The summed E-state index contributed by atoms with van der Waals surface area (Å²) >= 11 is 3.44. The van der Waals surface area contributed by atoms with Crippen molar-refractivity contribution in [3.8, 4) is 5.69 Å². The Morgan fingerprint density at radius 1 is 1.04 bits per heavy atom. The highest BCUT2D eigenvalue weighted by Crippen LogP contribution is 2.18. The van der Waals surface area contributed by atoms with Gasteiger partial charge in [-0.2, -0.15) is 4.52 Å². The molecule has 0 atom stereocenters. The van der Waals surface area contributed by atoms with Crippen LogP contribution in [0.15, 0.2) is 47.3 Å². The van der Waals surface area contributed by atoms with Crippen LogP contribution in [0.4, 0.5) is 0 Å². The predicted octanol–water partition coefficient (Wildman–Crippen LogP) is 3.86. The summed E-state index contributed by atoms with van der Waals surface area (Å²) in [6.07, 6.45) is 7.51. The highest BCUT2D eigenvalue weighted by atomic mass is 79.9. The van der Waals surface area contributed by atoms with Crippen molar-refractivity contribution in [2.24, 2.45) is 0 Å². The molecule has 0 aliphatic rings. The molecule has 3 heterocycles. The molecule has 4 aromatic rings. The largest absolute Gasteiger partial charge is 0.299 e. The average molecular weight is 395 g/mol. The summed E-state index contributed by atoms with van der Waals surface area (Å²) in [6, 6.07) is 10.1. The molecule has 0 saturated carbocycles. The van der Waals surface area contributed by atoms with Crippen LogP contribution < -0.4 is 0 Å². The highest BCUT2D eigenvalue weighted by molar-refractivity contribution is 9.10. The molecule has 0 N–H and O–H groups in total. The van der Waals surface area contributed by atoms with Crippen LogP contribution in [0.3, 0.4) is 0 Å². The summed E-state index contributed by atoms with van der Waals surface area (Å²) < 4.78 is 4.54. The minimum atomic E-state index is 0.623. The number of hydrogen-bond acceptors (Lipinski definition) is 4. The molecule has 25 heavy (non-hydrogen) atoms. The molecule has 0 unspecified atom stereocenters. The van der Waals surface area contributed by atoms with Crippen LogP contribution in [0, 0.1) is 13.8 Å². The van der Waals surface area contributed by atoms with Crippen LogP contribution in [-0.2, 0) is 0 Å². The van der Waals surface area contributed by atoms with Crippen LogP contribution >= 0.6 is 15.9 Å². The molecule has 0 bridgehead atoms. The van der Waals surface area contributed by atoms with E-state index in [0.717, 1.165) is 33.2 Å². The number of fused-ring (bicyclic) bond motifs is 1. The SMILES string of the molecule is Cc1cnc(C)n2nc(C=Cc3nc(Br)cn3-c3ccccc3)nc12. The second-order valence-electron chi connectivity index (χ2n) is 5.65. The zero-order valence-electron chi connectivity index (χ0n) is 13.8. The first kappa shape index (κ1) is 15.7. The molecule has 1 aromatic carbocycles. The first-order valence-electron chi connectivity index (χ1n) is 7.79. The van der Waals surface area contributed by atoms with Gasteiger partial charge in [0.25, 0.3) is 0 Å². The van der Waals surface area contributed by atoms with Crippen LogP contribution in [0.1, 0.15) is 23.0 Å². The zero-order valence-corrected chi connectivity index (χ0v) is 15.3. The zero-order chi connectivity index (χ0) is 17.4. The van der Waals surface area contributed by atoms with Gasteiger partial charge in [-0.05, 0) is 54.1 Å². The van der Waals surface area contributed by atoms with E-state index >= 15 is 0 Å². The van der Waals surface area contributed by atoms with E-state index in [0.29, 0.717) is 5.82 Å². The lowest BCUT2D eigenvalue weighted by atomic mass is 10.3. The van der Waals surface area contributed by atoms with Crippen molar-refractivity contribution in [3.63, 3.8) is 0 Å². The fourth-order valence-corrected chi connectivity index (χ4v) is 3.00. The van der Waals surface area contributed by atoms with Crippen LogP contribution in [0.5, 0.6) is 0 Å². The first-order chi connectivity index (χ1) is 12.1. The van der Waals surface area contributed by atoms with Crippen molar-refractivity contribution in [1.29, 1.82) is 0 Å². The maximum absolute atomic E-state index is 4.57. The molecule has 3 aromatic heterocycles. The van der Waals surface area contributed by atoms with Gasteiger partial charge >= 0.3 is 0 Å². The maximum atomic E-state index is 4.57. The maximum Gasteiger partial charge on any atom is 0.175 e. The van der Waals surface area contributed by atoms with Gasteiger partial charge in [0.2, 0.25) is 0 Å². The average Bonchev–Trinajstić information content (AvgIpc) is 3.21. The van der Waals surface area contributed by atoms with Crippen LogP contribution in [0.25, 0.3) is 23.5 Å². The van der Waals surface area contributed by atoms with E-state index in [1.165, 1.54) is 0 Å². The molecule has 0 spiro atoms. The van der Waals surface area contributed by atoms with Gasteiger partial charge in [0, 0.05) is 23.6 Å². The summed E-state index contributed by atoms with van der Waals surface area (Å²) in [5.74, 6) is 2.22. The topological polar surface area (TPSA) is 60.9 Å². The first-order valence-corrected chi connectivity index (χ1v) is 8.58. The van der Waals surface area contributed by atoms with Gasteiger partial charge in [0.05, 0.1) is 0 Å². The van der Waals surface area contributed by atoms with E-state index in [1.807, 2.05) is 73.3 Å². The molecule has 6 nitrogen and oxygen atoms in total.